The lowest BCUT2D eigenvalue weighted by Crippen LogP contribution is -2.31. The summed E-state index contributed by atoms with van der Waals surface area (Å²) in [6, 6.07) is 11.3. The van der Waals surface area contributed by atoms with Crippen molar-refractivity contribution in [2.45, 2.75) is 45.6 Å². The Balaban J connectivity index is 1.85. The zero-order chi connectivity index (χ0) is 24.7. The van der Waals surface area contributed by atoms with Gasteiger partial charge in [0.15, 0.2) is 0 Å². The minimum atomic E-state index is -0.665. The van der Waals surface area contributed by atoms with Gasteiger partial charge in [0, 0.05) is 29.8 Å². The number of nitrogen functional groups attached to an aromatic ring is 1. The molecule has 0 aromatic heterocycles. The molecule has 0 bridgehead atoms. The molecule has 2 amide bonds. The molecule has 0 spiro atoms. The van der Waals surface area contributed by atoms with Crippen molar-refractivity contribution in [3.63, 3.8) is 0 Å². The van der Waals surface area contributed by atoms with Crippen LogP contribution in [0.4, 0.5) is 0 Å². The normalized spacial score (nSPS) is 13.9. The number of nitrogens with zero attached hydrogens (tertiary/aromatic N) is 1. The van der Waals surface area contributed by atoms with Crippen LogP contribution >= 0.6 is 0 Å². The Morgan fingerprint density at radius 1 is 1.09 bits per heavy atom. The smallest absolute Gasteiger partial charge is 0.308 e. The monoisotopic (exact) mass is 464 g/mol. The number of esters is 1. The fourth-order valence-electron chi connectivity index (χ4n) is 4.13. The third kappa shape index (κ3) is 6.01. The van der Waals surface area contributed by atoms with E-state index in [1.54, 1.807) is 49.4 Å². The van der Waals surface area contributed by atoms with Crippen LogP contribution in [0.2, 0.25) is 0 Å². The van der Waals surface area contributed by atoms with E-state index in [9.17, 15) is 14.4 Å². The molecular formula is C26H32N4O4. The van der Waals surface area contributed by atoms with Crippen LogP contribution in [0.25, 0.3) is 0 Å². The number of carbonyl (C=O) groups excluding carboxylic acids is 3. The number of rotatable bonds is 9. The van der Waals surface area contributed by atoms with Gasteiger partial charge >= 0.3 is 5.97 Å². The van der Waals surface area contributed by atoms with Gasteiger partial charge in [-0.15, -0.1) is 0 Å². The Morgan fingerprint density at radius 3 is 2.47 bits per heavy atom. The number of likely N-dealkylation sites (tertiary alicyclic amines) is 1. The van der Waals surface area contributed by atoms with E-state index in [-0.39, 0.29) is 30.7 Å². The maximum atomic E-state index is 13.2. The Labute approximate surface area is 200 Å². The van der Waals surface area contributed by atoms with E-state index in [2.05, 4.69) is 5.32 Å². The van der Waals surface area contributed by atoms with Crippen molar-refractivity contribution >= 4 is 23.6 Å². The molecule has 8 heteroatoms. The van der Waals surface area contributed by atoms with Gasteiger partial charge in [-0.3, -0.25) is 19.8 Å². The predicted molar refractivity (Wildman–Crippen MR) is 130 cm³/mol. The van der Waals surface area contributed by atoms with E-state index in [0.717, 1.165) is 31.5 Å². The van der Waals surface area contributed by atoms with Gasteiger partial charge in [0.1, 0.15) is 5.84 Å². The van der Waals surface area contributed by atoms with Gasteiger partial charge in [0.2, 0.25) is 0 Å². The van der Waals surface area contributed by atoms with Gasteiger partial charge in [-0.2, -0.15) is 0 Å². The standard InChI is InChI=1S/C26H32N4O4/c1-3-17-14-20(10-11-21(17)26(33)30-12-5-6-13-30)25(32)29-22(16-23(31)34-4-2)18-8-7-9-19(15-18)24(27)28/h7-11,14-15,22H,3-6,12-13,16H2,1-2H3,(H3,27,28)(H,29,32). The number of amides is 2. The van der Waals surface area contributed by atoms with Crippen LogP contribution < -0.4 is 11.1 Å². The molecule has 34 heavy (non-hydrogen) atoms. The van der Waals surface area contributed by atoms with Crippen LogP contribution in [-0.4, -0.2) is 48.2 Å². The lowest BCUT2D eigenvalue weighted by Gasteiger charge is -2.20. The van der Waals surface area contributed by atoms with E-state index in [0.29, 0.717) is 28.7 Å². The quantitative estimate of drug-likeness (QED) is 0.299. The van der Waals surface area contributed by atoms with Crippen molar-refractivity contribution in [1.29, 1.82) is 5.41 Å². The van der Waals surface area contributed by atoms with Gasteiger partial charge in [0.05, 0.1) is 19.1 Å². The molecule has 1 fully saturated rings. The molecule has 3 rings (SSSR count). The lowest BCUT2D eigenvalue weighted by atomic mass is 9.98. The number of amidine groups is 1. The highest BCUT2D eigenvalue weighted by Gasteiger charge is 2.24. The number of carbonyl (C=O) groups is 3. The second-order valence-electron chi connectivity index (χ2n) is 8.30. The maximum Gasteiger partial charge on any atom is 0.308 e. The van der Waals surface area contributed by atoms with Crippen molar-refractivity contribution < 1.29 is 19.1 Å². The van der Waals surface area contributed by atoms with Crippen molar-refractivity contribution in [1.82, 2.24) is 10.2 Å². The summed E-state index contributed by atoms with van der Waals surface area (Å²) in [4.78, 5) is 40.1. The number of nitrogens with two attached hydrogens (primary N) is 1. The van der Waals surface area contributed by atoms with Gasteiger partial charge in [-0.1, -0.05) is 25.1 Å². The molecule has 8 nitrogen and oxygen atoms in total. The van der Waals surface area contributed by atoms with Crippen LogP contribution in [0.1, 0.15) is 76.6 Å². The van der Waals surface area contributed by atoms with E-state index < -0.39 is 12.0 Å². The van der Waals surface area contributed by atoms with E-state index in [1.165, 1.54) is 0 Å². The molecule has 0 radical (unpaired) electrons. The van der Waals surface area contributed by atoms with Crippen molar-refractivity contribution in [3.05, 3.63) is 70.3 Å². The molecule has 1 atom stereocenters. The zero-order valence-corrected chi connectivity index (χ0v) is 19.7. The molecular weight excluding hydrogens is 432 g/mol. The fraction of sp³-hybridized carbons (Fsp3) is 0.385. The molecule has 1 saturated heterocycles. The summed E-state index contributed by atoms with van der Waals surface area (Å²) < 4.78 is 5.09. The summed E-state index contributed by atoms with van der Waals surface area (Å²) in [6.45, 7) is 5.44. The number of hydrogen-bond donors (Lipinski definition) is 3. The molecule has 4 N–H and O–H groups in total. The molecule has 1 aliphatic rings. The van der Waals surface area contributed by atoms with E-state index in [4.69, 9.17) is 15.9 Å². The first kappa shape index (κ1) is 25.0. The highest BCUT2D eigenvalue weighted by Crippen LogP contribution is 2.22. The number of nitrogens with one attached hydrogen (secondary N) is 2. The summed E-state index contributed by atoms with van der Waals surface area (Å²) in [5.41, 5.74) is 8.60. The number of benzene rings is 2. The average Bonchev–Trinajstić information content (AvgIpc) is 3.38. The lowest BCUT2D eigenvalue weighted by molar-refractivity contribution is -0.143. The topological polar surface area (TPSA) is 126 Å². The van der Waals surface area contributed by atoms with Crippen LogP contribution in [0.15, 0.2) is 42.5 Å². The van der Waals surface area contributed by atoms with Crippen LogP contribution in [-0.2, 0) is 16.0 Å². The van der Waals surface area contributed by atoms with Crippen LogP contribution in [0.3, 0.4) is 0 Å². The van der Waals surface area contributed by atoms with Gasteiger partial charge < -0.3 is 20.7 Å². The highest BCUT2D eigenvalue weighted by atomic mass is 16.5. The summed E-state index contributed by atoms with van der Waals surface area (Å²) >= 11 is 0. The molecule has 2 aromatic rings. The Hall–Kier alpha value is -3.68. The van der Waals surface area contributed by atoms with E-state index >= 15 is 0 Å². The van der Waals surface area contributed by atoms with Crippen molar-refractivity contribution in [2.24, 2.45) is 5.73 Å². The average molecular weight is 465 g/mol. The van der Waals surface area contributed by atoms with Crippen molar-refractivity contribution in [3.8, 4) is 0 Å². The van der Waals surface area contributed by atoms with Crippen molar-refractivity contribution in [2.75, 3.05) is 19.7 Å². The van der Waals surface area contributed by atoms with Crippen LogP contribution in [0, 0.1) is 5.41 Å². The summed E-state index contributed by atoms with van der Waals surface area (Å²) in [6.07, 6.45) is 2.58. The minimum Gasteiger partial charge on any atom is -0.466 e. The number of aryl methyl sites for hydroxylation is 1. The maximum absolute atomic E-state index is 13.2. The molecule has 1 unspecified atom stereocenters. The third-order valence-electron chi connectivity index (χ3n) is 5.95. The van der Waals surface area contributed by atoms with Gasteiger partial charge in [0.25, 0.3) is 11.8 Å². The van der Waals surface area contributed by atoms with Gasteiger partial charge in [-0.25, -0.2) is 0 Å². The molecule has 1 heterocycles. The number of ether oxygens (including phenoxy) is 1. The minimum absolute atomic E-state index is 0.00236. The Bertz CT molecular complexity index is 1080. The SMILES string of the molecule is CCOC(=O)CC(NC(=O)c1ccc(C(=O)N2CCCC2)c(CC)c1)c1cccc(C(=N)N)c1. The largest absolute Gasteiger partial charge is 0.466 e. The molecule has 0 saturated carbocycles. The Kier molecular flexibility index (Phi) is 8.40. The summed E-state index contributed by atoms with van der Waals surface area (Å²) in [5, 5.41) is 10.6. The summed E-state index contributed by atoms with van der Waals surface area (Å²) in [5.74, 6) is -0.907. The Morgan fingerprint density at radius 2 is 1.82 bits per heavy atom. The van der Waals surface area contributed by atoms with E-state index in [1.807, 2.05) is 11.8 Å². The van der Waals surface area contributed by atoms with Gasteiger partial charge in [-0.05, 0) is 61.6 Å². The molecule has 180 valence electrons. The first-order valence-corrected chi connectivity index (χ1v) is 11.7. The fourth-order valence-corrected chi connectivity index (χ4v) is 4.13. The second kappa shape index (κ2) is 11.4. The van der Waals surface area contributed by atoms with Crippen LogP contribution in [0.5, 0.6) is 0 Å². The molecule has 0 aliphatic carbocycles. The zero-order valence-electron chi connectivity index (χ0n) is 19.7. The third-order valence-corrected chi connectivity index (χ3v) is 5.95. The highest BCUT2D eigenvalue weighted by molar-refractivity contribution is 5.99. The predicted octanol–water partition coefficient (Wildman–Crippen LogP) is 3.19. The second-order valence-corrected chi connectivity index (χ2v) is 8.30. The first-order valence-electron chi connectivity index (χ1n) is 11.7. The summed E-state index contributed by atoms with van der Waals surface area (Å²) in [7, 11) is 0. The molecule has 1 aliphatic heterocycles. The molecule has 2 aromatic carbocycles. The first-order chi connectivity index (χ1) is 16.3. The number of hydrogen-bond acceptors (Lipinski definition) is 5.